The predicted octanol–water partition coefficient (Wildman–Crippen LogP) is 4.48. The van der Waals surface area contributed by atoms with Gasteiger partial charge in [-0.25, -0.2) is 4.98 Å². The number of pyridine rings is 2. The van der Waals surface area contributed by atoms with Gasteiger partial charge in [0.05, 0.1) is 17.4 Å². The van der Waals surface area contributed by atoms with Gasteiger partial charge < -0.3 is 4.74 Å². The van der Waals surface area contributed by atoms with Gasteiger partial charge in [-0.1, -0.05) is 11.6 Å². The fraction of sp³-hybridized carbons (Fsp3) is 0.0556. The fourth-order valence-electron chi connectivity index (χ4n) is 2.46. The van der Waals surface area contributed by atoms with Gasteiger partial charge >= 0.3 is 0 Å². The maximum atomic E-state index is 5.96. The first-order chi connectivity index (χ1) is 11.7. The van der Waals surface area contributed by atoms with E-state index in [4.69, 9.17) is 16.3 Å². The summed E-state index contributed by atoms with van der Waals surface area (Å²) in [7, 11) is 1.87. The van der Waals surface area contributed by atoms with Crippen LogP contribution in [0.1, 0.15) is 0 Å². The highest BCUT2D eigenvalue weighted by molar-refractivity contribution is 6.29. The molecule has 0 unspecified atom stereocenters. The molecule has 0 aliphatic heterocycles. The molecule has 3 heterocycles. The van der Waals surface area contributed by atoms with Crippen molar-refractivity contribution in [2.45, 2.75) is 0 Å². The number of halogens is 1. The smallest absolute Gasteiger partial charge is 0.131 e. The summed E-state index contributed by atoms with van der Waals surface area (Å²) < 4.78 is 7.70. The lowest BCUT2D eigenvalue weighted by molar-refractivity contribution is 0.483. The van der Waals surface area contributed by atoms with Crippen LogP contribution in [0.4, 0.5) is 0 Å². The summed E-state index contributed by atoms with van der Waals surface area (Å²) in [5, 5.41) is 5.61. The highest BCUT2D eigenvalue weighted by Crippen LogP contribution is 2.28. The number of fused-ring (bicyclic) bond motifs is 1. The Kier molecular flexibility index (Phi) is 3.63. The van der Waals surface area contributed by atoms with Crippen LogP contribution in [0, 0.1) is 0 Å². The first-order valence-electron chi connectivity index (χ1n) is 7.37. The van der Waals surface area contributed by atoms with E-state index in [-0.39, 0.29) is 0 Å². The molecular weight excluding hydrogens is 324 g/mol. The molecule has 5 nitrogen and oxygen atoms in total. The zero-order chi connectivity index (χ0) is 16.5. The number of hydrogen-bond acceptors (Lipinski definition) is 4. The summed E-state index contributed by atoms with van der Waals surface area (Å²) in [6, 6.07) is 13.1. The molecule has 0 aliphatic carbocycles. The van der Waals surface area contributed by atoms with Crippen LogP contribution >= 0.6 is 11.6 Å². The average molecular weight is 337 g/mol. The van der Waals surface area contributed by atoms with Gasteiger partial charge in [0.1, 0.15) is 16.7 Å². The van der Waals surface area contributed by atoms with Gasteiger partial charge in [-0.2, -0.15) is 5.10 Å². The Balaban J connectivity index is 1.64. The lowest BCUT2D eigenvalue weighted by Crippen LogP contribution is -1.88. The fourth-order valence-corrected chi connectivity index (χ4v) is 2.62. The molecule has 0 saturated carbocycles. The van der Waals surface area contributed by atoms with Crippen LogP contribution in [-0.2, 0) is 7.05 Å². The van der Waals surface area contributed by atoms with E-state index < -0.39 is 0 Å². The second-order valence-electron chi connectivity index (χ2n) is 5.37. The summed E-state index contributed by atoms with van der Waals surface area (Å²) >= 11 is 5.91. The van der Waals surface area contributed by atoms with Crippen LogP contribution in [0.15, 0.2) is 61.1 Å². The minimum absolute atomic E-state index is 0.478. The van der Waals surface area contributed by atoms with Crippen molar-refractivity contribution in [2.24, 2.45) is 7.05 Å². The van der Waals surface area contributed by atoms with E-state index in [1.807, 2.05) is 49.6 Å². The topological polar surface area (TPSA) is 52.8 Å². The van der Waals surface area contributed by atoms with E-state index >= 15 is 0 Å². The van der Waals surface area contributed by atoms with Gasteiger partial charge in [0.25, 0.3) is 0 Å². The van der Waals surface area contributed by atoms with Crippen molar-refractivity contribution in [3.63, 3.8) is 0 Å². The zero-order valence-electron chi connectivity index (χ0n) is 12.8. The second-order valence-corrected chi connectivity index (χ2v) is 5.76. The van der Waals surface area contributed by atoms with Gasteiger partial charge in [-0.05, 0) is 36.4 Å². The van der Waals surface area contributed by atoms with Crippen LogP contribution < -0.4 is 4.74 Å². The minimum atomic E-state index is 0.478. The van der Waals surface area contributed by atoms with Gasteiger partial charge in [0.2, 0.25) is 0 Å². The van der Waals surface area contributed by atoms with Crippen molar-refractivity contribution < 1.29 is 4.74 Å². The van der Waals surface area contributed by atoms with E-state index in [1.165, 1.54) is 0 Å². The van der Waals surface area contributed by atoms with E-state index in [9.17, 15) is 0 Å². The van der Waals surface area contributed by atoms with E-state index in [1.54, 1.807) is 23.1 Å². The molecule has 0 atom stereocenters. The maximum absolute atomic E-state index is 5.96. The lowest BCUT2D eigenvalue weighted by Gasteiger charge is -2.07. The molecule has 24 heavy (non-hydrogen) atoms. The molecular formula is C18H13ClN4O. The van der Waals surface area contributed by atoms with Crippen molar-refractivity contribution in [3.05, 3.63) is 66.2 Å². The summed E-state index contributed by atoms with van der Waals surface area (Å²) in [5.74, 6) is 1.44. The van der Waals surface area contributed by atoms with Gasteiger partial charge in [0.15, 0.2) is 0 Å². The van der Waals surface area contributed by atoms with Crippen molar-refractivity contribution in [1.29, 1.82) is 0 Å². The first-order valence-corrected chi connectivity index (χ1v) is 7.74. The molecule has 118 valence electrons. The molecule has 0 radical (unpaired) electrons. The Morgan fingerprint density at radius 3 is 2.75 bits per heavy atom. The lowest BCUT2D eigenvalue weighted by atomic mass is 10.2. The number of nitrogens with zero attached hydrogens (tertiary/aromatic N) is 4. The highest BCUT2D eigenvalue weighted by Gasteiger charge is 2.06. The van der Waals surface area contributed by atoms with Crippen LogP contribution in [0.5, 0.6) is 11.5 Å². The van der Waals surface area contributed by atoms with Gasteiger partial charge in [-0.3, -0.25) is 9.67 Å². The molecule has 4 aromatic rings. The Hall–Kier alpha value is -2.92. The van der Waals surface area contributed by atoms with Crippen LogP contribution in [0.3, 0.4) is 0 Å². The maximum Gasteiger partial charge on any atom is 0.131 e. The van der Waals surface area contributed by atoms with Crippen LogP contribution in [0.25, 0.3) is 22.2 Å². The largest absolute Gasteiger partial charge is 0.457 e. The molecule has 0 fully saturated rings. The highest BCUT2D eigenvalue weighted by atomic mass is 35.5. The minimum Gasteiger partial charge on any atom is -0.457 e. The number of benzene rings is 1. The number of aryl methyl sites for hydroxylation is 1. The molecule has 0 saturated heterocycles. The van der Waals surface area contributed by atoms with Crippen molar-refractivity contribution in [3.8, 4) is 22.8 Å². The Morgan fingerprint density at radius 2 is 1.92 bits per heavy atom. The zero-order valence-corrected chi connectivity index (χ0v) is 13.6. The Bertz CT molecular complexity index is 1030. The molecule has 0 N–H and O–H groups in total. The third kappa shape index (κ3) is 2.94. The molecule has 0 spiro atoms. The number of ether oxygens (including phenoxy) is 1. The summed E-state index contributed by atoms with van der Waals surface area (Å²) in [5.41, 5.74) is 2.59. The summed E-state index contributed by atoms with van der Waals surface area (Å²) in [6.07, 6.45) is 5.41. The number of hydrogen-bond donors (Lipinski definition) is 0. The van der Waals surface area contributed by atoms with Gasteiger partial charge in [0, 0.05) is 36.5 Å². The molecule has 0 bridgehead atoms. The third-order valence-electron chi connectivity index (χ3n) is 3.59. The second kappa shape index (κ2) is 5.94. The van der Waals surface area contributed by atoms with Crippen LogP contribution in [-0.4, -0.2) is 19.7 Å². The molecule has 3 aromatic heterocycles. The normalized spacial score (nSPS) is 10.9. The Labute approximate surface area is 143 Å². The average Bonchev–Trinajstić information content (AvgIpc) is 3.02. The standard InChI is InChI=1S/C18H13ClN4O/c1-23-11-13(10-21-23)17-9-15(6-7-20-17)24-14-3-4-16-12(8-14)2-5-18(19)22-16/h2-11H,1H3. The molecule has 6 heteroatoms. The quantitative estimate of drug-likeness (QED) is 0.518. The predicted molar refractivity (Wildman–Crippen MR) is 93.3 cm³/mol. The molecule has 1 aromatic carbocycles. The van der Waals surface area contributed by atoms with Crippen molar-refractivity contribution in [1.82, 2.24) is 19.7 Å². The molecule has 4 rings (SSSR count). The van der Waals surface area contributed by atoms with Crippen LogP contribution in [0.2, 0.25) is 5.15 Å². The number of aromatic nitrogens is 4. The summed E-state index contributed by atoms with van der Waals surface area (Å²) in [6.45, 7) is 0. The summed E-state index contributed by atoms with van der Waals surface area (Å²) in [4.78, 5) is 8.64. The van der Waals surface area contributed by atoms with E-state index in [2.05, 4.69) is 15.1 Å². The van der Waals surface area contributed by atoms with Gasteiger partial charge in [-0.15, -0.1) is 0 Å². The monoisotopic (exact) mass is 336 g/mol. The van der Waals surface area contributed by atoms with E-state index in [0.29, 0.717) is 10.9 Å². The first kappa shape index (κ1) is 14.7. The molecule has 0 amide bonds. The Morgan fingerprint density at radius 1 is 1.04 bits per heavy atom. The van der Waals surface area contributed by atoms with Crippen molar-refractivity contribution >= 4 is 22.5 Å². The van der Waals surface area contributed by atoms with E-state index in [0.717, 1.165) is 27.9 Å². The SMILES string of the molecule is Cn1cc(-c2cc(Oc3ccc4nc(Cl)ccc4c3)ccn2)cn1. The molecule has 0 aliphatic rings. The third-order valence-corrected chi connectivity index (χ3v) is 3.80. The van der Waals surface area contributed by atoms with Crippen molar-refractivity contribution in [2.75, 3.05) is 0 Å². The number of rotatable bonds is 3.